The SMILES string of the molecule is CN=C(NCCOc1ncccc1C(F)(F)F)NCC(=O)NC(C)(C)C.I. The number of nitrogens with zero attached hydrogens (tertiary/aromatic N) is 2. The molecule has 1 rings (SSSR count). The first-order valence-electron chi connectivity index (χ1n) is 7.93. The number of hydrogen-bond acceptors (Lipinski definition) is 4. The van der Waals surface area contributed by atoms with E-state index in [4.69, 9.17) is 4.74 Å². The number of aliphatic imine (C=N–C) groups is 1. The van der Waals surface area contributed by atoms with Crippen LogP contribution in [0, 0.1) is 0 Å². The van der Waals surface area contributed by atoms with E-state index in [-0.39, 0.29) is 55.1 Å². The van der Waals surface area contributed by atoms with Crippen molar-refractivity contribution in [2.75, 3.05) is 26.7 Å². The van der Waals surface area contributed by atoms with Crippen LogP contribution in [-0.4, -0.2) is 49.1 Å². The Morgan fingerprint density at radius 1 is 1.26 bits per heavy atom. The third kappa shape index (κ3) is 10.2. The topological polar surface area (TPSA) is 87.6 Å². The number of aromatic nitrogens is 1. The molecule has 1 amide bonds. The lowest BCUT2D eigenvalue weighted by Crippen LogP contribution is -2.48. The van der Waals surface area contributed by atoms with Gasteiger partial charge in [0.2, 0.25) is 11.8 Å². The van der Waals surface area contributed by atoms with Crippen molar-refractivity contribution in [3.8, 4) is 5.88 Å². The van der Waals surface area contributed by atoms with Gasteiger partial charge in [-0.05, 0) is 32.9 Å². The van der Waals surface area contributed by atoms with Gasteiger partial charge in [0.15, 0.2) is 5.96 Å². The molecule has 0 aliphatic rings. The zero-order chi connectivity index (χ0) is 19.8. The average molecular weight is 503 g/mol. The van der Waals surface area contributed by atoms with Crippen molar-refractivity contribution in [3.63, 3.8) is 0 Å². The summed E-state index contributed by atoms with van der Waals surface area (Å²) in [7, 11) is 1.51. The van der Waals surface area contributed by atoms with E-state index in [9.17, 15) is 18.0 Å². The number of ether oxygens (including phenoxy) is 1. The molecule has 0 aromatic carbocycles. The van der Waals surface area contributed by atoms with Crippen LogP contribution in [-0.2, 0) is 11.0 Å². The smallest absolute Gasteiger partial charge is 0.421 e. The van der Waals surface area contributed by atoms with Crippen molar-refractivity contribution in [2.45, 2.75) is 32.5 Å². The van der Waals surface area contributed by atoms with Gasteiger partial charge in [0.1, 0.15) is 12.2 Å². The first-order chi connectivity index (χ1) is 12.0. The lowest BCUT2D eigenvalue weighted by molar-refractivity contribution is -0.139. The Hall–Kier alpha value is -1.79. The first-order valence-corrected chi connectivity index (χ1v) is 7.93. The normalized spacial score (nSPS) is 12.0. The minimum atomic E-state index is -4.53. The van der Waals surface area contributed by atoms with Crippen LogP contribution in [0.2, 0.25) is 0 Å². The van der Waals surface area contributed by atoms with Gasteiger partial charge in [-0.3, -0.25) is 9.79 Å². The molecule has 11 heteroatoms. The van der Waals surface area contributed by atoms with Crippen molar-refractivity contribution in [1.29, 1.82) is 0 Å². The Morgan fingerprint density at radius 3 is 2.48 bits per heavy atom. The summed E-state index contributed by atoms with van der Waals surface area (Å²) in [5.41, 5.74) is -1.27. The van der Waals surface area contributed by atoms with Gasteiger partial charge in [-0.15, -0.1) is 24.0 Å². The molecular weight excluding hydrogens is 478 g/mol. The predicted molar refractivity (Wildman–Crippen MR) is 107 cm³/mol. The van der Waals surface area contributed by atoms with Crippen LogP contribution >= 0.6 is 24.0 Å². The highest BCUT2D eigenvalue weighted by Crippen LogP contribution is 2.34. The summed E-state index contributed by atoms with van der Waals surface area (Å²) < 4.78 is 43.6. The Kier molecular flexibility index (Phi) is 10.4. The molecule has 0 bridgehead atoms. The number of halogens is 4. The summed E-state index contributed by atoms with van der Waals surface area (Å²) in [6, 6.07) is 2.10. The minimum Gasteiger partial charge on any atom is -0.475 e. The van der Waals surface area contributed by atoms with Crippen molar-refractivity contribution in [1.82, 2.24) is 20.9 Å². The number of carbonyl (C=O) groups excluding carboxylic acids is 1. The Morgan fingerprint density at radius 2 is 1.93 bits per heavy atom. The van der Waals surface area contributed by atoms with Crippen LogP contribution < -0.4 is 20.7 Å². The maximum absolute atomic E-state index is 12.8. The summed E-state index contributed by atoms with van der Waals surface area (Å²) in [6.45, 7) is 5.71. The van der Waals surface area contributed by atoms with E-state index in [1.165, 1.54) is 19.3 Å². The van der Waals surface area contributed by atoms with Crippen LogP contribution in [0.3, 0.4) is 0 Å². The van der Waals surface area contributed by atoms with E-state index in [0.717, 1.165) is 6.07 Å². The molecule has 0 saturated carbocycles. The molecule has 0 spiro atoms. The number of amides is 1. The summed E-state index contributed by atoms with van der Waals surface area (Å²) in [5, 5.41) is 8.43. The number of rotatable bonds is 6. The summed E-state index contributed by atoms with van der Waals surface area (Å²) >= 11 is 0. The van der Waals surface area contributed by atoms with Gasteiger partial charge in [0.25, 0.3) is 0 Å². The van der Waals surface area contributed by atoms with E-state index in [0.29, 0.717) is 5.96 Å². The second-order valence-corrected chi connectivity index (χ2v) is 6.35. The molecule has 0 aliphatic heterocycles. The van der Waals surface area contributed by atoms with Gasteiger partial charge in [-0.1, -0.05) is 0 Å². The van der Waals surface area contributed by atoms with Gasteiger partial charge in [-0.2, -0.15) is 13.2 Å². The molecule has 1 aromatic heterocycles. The summed E-state index contributed by atoms with van der Waals surface area (Å²) in [6.07, 6.45) is -3.30. The summed E-state index contributed by atoms with van der Waals surface area (Å²) in [4.78, 5) is 19.3. The molecule has 0 radical (unpaired) electrons. The van der Waals surface area contributed by atoms with Gasteiger partial charge in [-0.25, -0.2) is 4.98 Å². The summed E-state index contributed by atoms with van der Waals surface area (Å²) in [5.74, 6) is -0.357. The Bertz CT molecular complexity index is 633. The van der Waals surface area contributed by atoms with Gasteiger partial charge < -0.3 is 20.7 Å². The fourth-order valence-electron chi connectivity index (χ4n) is 1.89. The van der Waals surface area contributed by atoms with Crippen molar-refractivity contribution in [2.24, 2.45) is 4.99 Å². The van der Waals surface area contributed by atoms with Gasteiger partial charge >= 0.3 is 6.18 Å². The monoisotopic (exact) mass is 503 g/mol. The Labute approximate surface area is 173 Å². The molecule has 0 saturated heterocycles. The molecule has 0 aliphatic carbocycles. The number of alkyl halides is 3. The molecule has 3 N–H and O–H groups in total. The lowest BCUT2D eigenvalue weighted by atomic mass is 10.1. The van der Waals surface area contributed by atoms with Crippen LogP contribution in [0.15, 0.2) is 23.3 Å². The van der Waals surface area contributed by atoms with Crippen LogP contribution in [0.4, 0.5) is 13.2 Å². The molecule has 154 valence electrons. The molecule has 27 heavy (non-hydrogen) atoms. The second kappa shape index (κ2) is 11.1. The van der Waals surface area contributed by atoms with E-state index < -0.39 is 17.6 Å². The highest BCUT2D eigenvalue weighted by atomic mass is 127. The van der Waals surface area contributed by atoms with Crippen molar-refractivity contribution in [3.05, 3.63) is 23.9 Å². The van der Waals surface area contributed by atoms with E-state index >= 15 is 0 Å². The number of hydrogen-bond donors (Lipinski definition) is 3. The van der Waals surface area contributed by atoms with E-state index in [1.54, 1.807) is 0 Å². The number of carbonyl (C=O) groups is 1. The molecule has 0 atom stereocenters. The number of pyridine rings is 1. The van der Waals surface area contributed by atoms with Gasteiger partial charge in [0, 0.05) is 18.8 Å². The lowest BCUT2D eigenvalue weighted by Gasteiger charge is -2.21. The fraction of sp³-hybridized carbons (Fsp3) is 0.562. The number of nitrogens with one attached hydrogen (secondary N) is 3. The van der Waals surface area contributed by atoms with Crippen LogP contribution in [0.5, 0.6) is 5.88 Å². The Balaban J connectivity index is 0.00000676. The second-order valence-electron chi connectivity index (χ2n) is 6.35. The predicted octanol–water partition coefficient (Wildman–Crippen LogP) is 2.18. The third-order valence-electron chi connectivity index (χ3n) is 2.86. The quantitative estimate of drug-likeness (QED) is 0.240. The third-order valence-corrected chi connectivity index (χ3v) is 2.86. The highest BCUT2D eigenvalue weighted by Gasteiger charge is 2.34. The van der Waals surface area contributed by atoms with Crippen molar-refractivity contribution >= 4 is 35.8 Å². The first kappa shape index (κ1) is 25.2. The molecule has 0 unspecified atom stereocenters. The average Bonchev–Trinajstić information content (AvgIpc) is 2.52. The molecule has 1 heterocycles. The maximum Gasteiger partial charge on any atom is 0.421 e. The van der Waals surface area contributed by atoms with Gasteiger partial charge in [0.05, 0.1) is 13.1 Å². The number of guanidine groups is 1. The van der Waals surface area contributed by atoms with Crippen LogP contribution in [0.1, 0.15) is 26.3 Å². The fourth-order valence-corrected chi connectivity index (χ4v) is 1.89. The maximum atomic E-state index is 12.8. The highest BCUT2D eigenvalue weighted by molar-refractivity contribution is 14.0. The minimum absolute atomic E-state index is 0. The largest absolute Gasteiger partial charge is 0.475 e. The van der Waals surface area contributed by atoms with Crippen molar-refractivity contribution < 1.29 is 22.7 Å². The molecule has 7 nitrogen and oxygen atoms in total. The van der Waals surface area contributed by atoms with E-state index in [1.807, 2.05) is 20.8 Å². The zero-order valence-electron chi connectivity index (χ0n) is 15.6. The standard InChI is InChI=1S/C16H24F3N5O2.HI/c1-15(2,3)24-12(25)10-23-14(20-4)22-8-9-26-13-11(16(17,18)19)6-5-7-21-13;/h5-7H,8-10H2,1-4H3,(H,24,25)(H2,20,22,23);1H. The molecular formula is C16H25F3IN5O2. The molecule has 0 fully saturated rings. The molecule has 1 aromatic rings. The zero-order valence-corrected chi connectivity index (χ0v) is 17.9. The van der Waals surface area contributed by atoms with E-state index in [2.05, 4.69) is 25.9 Å². The van der Waals surface area contributed by atoms with Crippen LogP contribution in [0.25, 0.3) is 0 Å².